The summed E-state index contributed by atoms with van der Waals surface area (Å²) in [6.45, 7) is 1.79. The molecule has 0 radical (unpaired) electrons. The second kappa shape index (κ2) is 10.9. The van der Waals surface area contributed by atoms with Crippen molar-refractivity contribution in [1.29, 1.82) is 0 Å². The first-order valence-electron chi connectivity index (χ1n) is 14.6. The minimum atomic E-state index is -1.18. The Balaban J connectivity index is 1.36. The molecule has 8 heteroatoms. The van der Waals surface area contributed by atoms with E-state index in [0.29, 0.717) is 39.0 Å². The molecule has 3 fully saturated rings. The fourth-order valence-corrected chi connectivity index (χ4v) is 7.51. The van der Waals surface area contributed by atoms with Gasteiger partial charge in [-0.25, -0.2) is 0 Å². The first-order chi connectivity index (χ1) is 19.0. The summed E-state index contributed by atoms with van der Waals surface area (Å²) in [5.74, 6) is -1.81. The molecule has 0 aromatic heterocycles. The smallest absolute Gasteiger partial charge is 0.249 e. The number of aliphatic hydroxyl groups is 1. The van der Waals surface area contributed by atoms with Gasteiger partial charge in [-0.3, -0.25) is 14.4 Å². The van der Waals surface area contributed by atoms with Gasteiger partial charge in [0.1, 0.15) is 11.6 Å². The first-order valence-corrected chi connectivity index (χ1v) is 14.6. The molecule has 1 N–H and O–H groups in total. The lowest BCUT2D eigenvalue weighted by Crippen LogP contribution is -2.57. The normalized spacial score (nSPS) is 32.7. The van der Waals surface area contributed by atoms with Gasteiger partial charge in [0, 0.05) is 38.8 Å². The zero-order chi connectivity index (χ0) is 27.0. The Bertz CT molecular complexity index is 1150. The third kappa shape index (κ3) is 4.51. The van der Waals surface area contributed by atoms with Crippen molar-refractivity contribution in [1.82, 2.24) is 14.7 Å². The molecule has 3 amide bonds. The van der Waals surface area contributed by atoms with Crippen LogP contribution in [-0.2, 0) is 25.7 Å². The van der Waals surface area contributed by atoms with E-state index >= 15 is 0 Å². The third-order valence-electron chi connectivity index (χ3n) is 9.31. The third-order valence-corrected chi connectivity index (χ3v) is 9.31. The maximum atomic E-state index is 14.4. The lowest BCUT2D eigenvalue weighted by Gasteiger charge is -2.39. The molecule has 4 heterocycles. The van der Waals surface area contributed by atoms with Crippen LogP contribution in [0.15, 0.2) is 54.6 Å². The highest BCUT2D eigenvalue weighted by molar-refractivity contribution is 5.99. The van der Waals surface area contributed by atoms with Gasteiger partial charge in [0.25, 0.3) is 0 Å². The first kappa shape index (κ1) is 26.3. The van der Waals surface area contributed by atoms with Crippen molar-refractivity contribution in [3.8, 4) is 0 Å². The van der Waals surface area contributed by atoms with Gasteiger partial charge in [-0.2, -0.15) is 0 Å². The summed E-state index contributed by atoms with van der Waals surface area (Å²) >= 11 is 0. The summed E-state index contributed by atoms with van der Waals surface area (Å²) in [6, 6.07) is 9.22. The van der Waals surface area contributed by atoms with Gasteiger partial charge in [-0.05, 0) is 31.2 Å². The standard InChI is InChI=1S/C31H39N3O5/c35-20-8-7-18-34-27-30(38)33(23-13-5-2-6-14-23)19-10-16-31(27)26(29(34)37)25-24(39-31)15-9-17-32(28(25)36)21-22-11-3-1-4-12-22/h1,3-4,9-12,15-16,23-27,35H,2,5-8,13-14,17-21H2/t24-,25+,26+,27?,31+/m1/s1. The summed E-state index contributed by atoms with van der Waals surface area (Å²) < 4.78 is 6.74. The van der Waals surface area contributed by atoms with Crippen LogP contribution in [-0.4, -0.2) is 87.6 Å². The number of unbranched alkanes of at least 4 members (excludes halogenated alkanes) is 1. The van der Waals surface area contributed by atoms with E-state index in [4.69, 9.17) is 4.74 Å². The summed E-state index contributed by atoms with van der Waals surface area (Å²) in [5.41, 5.74) is -0.151. The van der Waals surface area contributed by atoms with Crippen LogP contribution in [0.5, 0.6) is 0 Å². The molecule has 1 spiro atoms. The molecule has 1 aliphatic carbocycles. The number of rotatable bonds is 7. The largest absolute Gasteiger partial charge is 0.396 e. The number of nitrogens with zero attached hydrogens (tertiary/aromatic N) is 3. The molecule has 1 saturated carbocycles. The molecule has 1 aromatic rings. The van der Waals surface area contributed by atoms with Crippen LogP contribution < -0.4 is 0 Å². The van der Waals surface area contributed by atoms with Crippen LogP contribution in [0.4, 0.5) is 0 Å². The van der Waals surface area contributed by atoms with E-state index in [1.807, 2.05) is 59.5 Å². The van der Waals surface area contributed by atoms with Crippen LogP contribution in [0.25, 0.3) is 0 Å². The molecule has 208 valence electrons. The van der Waals surface area contributed by atoms with E-state index in [9.17, 15) is 19.5 Å². The van der Waals surface area contributed by atoms with Gasteiger partial charge in [0.2, 0.25) is 17.7 Å². The molecule has 5 atom stereocenters. The molecule has 0 bridgehead atoms. The molecule has 8 nitrogen and oxygen atoms in total. The van der Waals surface area contributed by atoms with Crippen molar-refractivity contribution < 1.29 is 24.2 Å². The van der Waals surface area contributed by atoms with Crippen LogP contribution in [0.2, 0.25) is 0 Å². The predicted molar refractivity (Wildman–Crippen MR) is 145 cm³/mol. The van der Waals surface area contributed by atoms with Crippen molar-refractivity contribution in [2.75, 3.05) is 26.2 Å². The molecule has 1 unspecified atom stereocenters. The number of carbonyl (C=O) groups excluding carboxylic acids is 3. The predicted octanol–water partition coefficient (Wildman–Crippen LogP) is 2.67. The lowest BCUT2D eigenvalue weighted by atomic mass is 9.77. The summed E-state index contributed by atoms with van der Waals surface area (Å²) in [5, 5.41) is 9.41. The van der Waals surface area contributed by atoms with E-state index in [-0.39, 0.29) is 30.4 Å². The minimum absolute atomic E-state index is 0.0300. The van der Waals surface area contributed by atoms with Crippen LogP contribution in [0.1, 0.15) is 50.5 Å². The number of fused-ring (bicyclic) bond motifs is 2. The number of likely N-dealkylation sites (tertiary alicyclic amines) is 1. The van der Waals surface area contributed by atoms with Gasteiger partial charge in [0.05, 0.1) is 17.9 Å². The van der Waals surface area contributed by atoms with E-state index in [1.54, 1.807) is 9.80 Å². The Morgan fingerprint density at radius 3 is 2.49 bits per heavy atom. The highest BCUT2D eigenvalue weighted by Gasteiger charge is 2.71. The molecular weight excluding hydrogens is 494 g/mol. The Kier molecular flexibility index (Phi) is 7.33. The average Bonchev–Trinajstić information content (AvgIpc) is 3.27. The highest BCUT2D eigenvalue weighted by atomic mass is 16.5. The fourth-order valence-electron chi connectivity index (χ4n) is 7.51. The van der Waals surface area contributed by atoms with Gasteiger partial charge in [-0.1, -0.05) is 73.9 Å². The van der Waals surface area contributed by atoms with Gasteiger partial charge < -0.3 is 24.5 Å². The maximum Gasteiger partial charge on any atom is 0.249 e. The molecule has 5 aliphatic rings. The van der Waals surface area contributed by atoms with Crippen LogP contribution >= 0.6 is 0 Å². The van der Waals surface area contributed by atoms with Crippen LogP contribution in [0, 0.1) is 11.8 Å². The monoisotopic (exact) mass is 533 g/mol. The van der Waals surface area contributed by atoms with Gasteiger partial charge >= 0.3 is 0 Å². The van der Waals surface area contributed by atoms with E-state index in [1.165, 1.54) is 6.42 Å². The number of ether oxygens (including phenoxy) is 1. The van der Waals surface area contributed by atoms with Gasteiger partial charge in [-0.15, -0.1) is 0 Å². The second-order valence-electron chi connectivity index (χ2n) is 11.6. The van der Waals surface area contributed by atoms with E-state index in [0.717, 1.165) is 31.2 Å². The molecule has 1 aromatic carbocycles. The Hall–Kier alpha value is -2.97. The number of carbonyl (C=O) groups is 3. The molecule has 6 rings (SSSR count). The van der Waals surface area contributed by atoms with Crippen molar-refractivity contribution in [2.24, 2.45) is 11.8 Å². The Morgan fingerprint density at radius 1 is 0.923 bits per heavy atom. The van der Waals surface area contributed by atoms with Crippen LogP contribution in [0.3, 0.4) is 0 Å². The fraction of sp³-hybridized carbons (Fsp3) is 0.581. The minimum Gasteiger partial charge on any atom is -0.396 e. The topological polar surface area (TPSA) is 90.4 Å². The van der Waals surface area contributed by atoms with Crippen molar-refractivity contribution in [2.45, 2.75) is 75.3 Å². The van der Waals surface area contributed by atoms with Gasteiger partial charge in [0.15, 0.2) is 0 Å². The van der Waals surface area contributed by atoms with Crippen molar-refractivity contribution >= 4 is 17.7 Å². The average molecular weight is 534 g/mol. The summed E-state index contributed by atoms with van der Waals surface area (Å²) in [7, 11) is 0. The molecule has 4 aliphatic heterocycles. The SMILES string of the molecule is O=C1[C@@H]2[C@H]3C(=O)N(CCCCO)C4C(=O)N(C5CCCCC5)CC=C[C@@]43O[C@@H]2C=CCN1Cc1ccccc1. The number of benzene rings is 1. The zero-order valence-electron chi connectivity index (χ0n) is 22.5. The number of hydrogen-bond donors (Lipinski definition) is 1. The lowest BCUT2D eigenvalue weighted by molar-refractivity contribution is -0.150. The molecule has 2 saturated heterocycles. The van der Waals surface area contributed by atoms with Crippen molar-refractivity contribution in [3.05, 3.63) is 60.2 Å². The highest BCUT2D eigenvalue weighted by Crippen LogP contribution is 2.53. The molecule has 39 heavy (non-hydrogen) atoms. The summed E-state index contributed by atoms with van der Waals surface area (Å²) in [4.78, 5) is 48.2. The molecular formula is C31H39N3O5. The number of amides is 3. The maximum absolute atomic E-state index is 14.4. The zero-order valence-corrected chi connectivity index (χ0v) is 22.5. The second-order valence-corrected chi connectivity index (χ2v) is 11.6. The quantitative estimate of drug-likeness (QED) is 0.430. The van der Waals surface area contributed by atoms with E-state index < -0.39 is 29.6 Å². The van der Waals surface area contributed by atoms with Crippen molar-refractivity contribution in [3.63, 3.8) is 0 Å². The summed E-state index contributed by atoms with van der Waals surface area (Å²) in [6.07, 6.45) is 13.7. The number of hydrogen-bond acceptors (Lipinski definition) is 5. The van der Waals surface area contributed by atoms with E-state index in [2.05, 4.69) is 0 Å². The Morgan fingerprint density at radius 2 is 1.72 bits per heavy atom. The number of aliphatic hydroxyl groups excluding tert-OH is 1. The Labute approximate surface area is 230 Å².